The largest absolute Gasteiger partial charge is 0.351 e. The summed E-state index contributed by atoms with van der Waals surface area (Å²) >= 11 is 0. The van der Waals surface area contributed by atoms with E-state index in [2.05, 4.69) is 15.7 Å². The first-order chi connectivity index (χ1) is 12.3. The number of piperidine rings is 1. The van der Waals surface area contributed by atoms with Gasteiger partial charge in [-0.1, -0.05) is 0 Å². The van der Waals surface area contributed by atoms with Gasteiger partial charge in [-0.2, -0.15) is 5.10 Å². The Hall–Kier alpha value is -1.93. The summed E-state index contributed by atoms with van der Waals surface area (Å²) in [5.41, 5.74) is 2.31. The lowest BCUT2D eigenvalue weighted by Gasteiger charge is -2.22. The molecule has 0 spiro atoms. The van der Waals surface area contributed by atoms with Crippen molar-refractivity contribution in [3.05, 3.63) is 29.5 Å². The highest BCUT2D eigenvalue weighted by atomic mass is 32.2. The molecule has 0 atom stereocenters. The van der Waals surface area contributed by atoms with Crippen molar-refractivity contribution >= 4 is 26.6 Å². The van der Waals surface area contributed by atoms with E-state index in [1.54, 1.807) is 6.07 Å². The highest BCUT2D eigenvalue weighted by molar-refractivity contribution is 7.90. The summed E-state index contributed by atoms with van der Waals surface area (Å²) in [5, 5.41) is 11.7. The van der Waals surface area contributed by atoms with Crippen molar-refractivity contribution in [3.63, 3.8) is 0 Å². The van der Waals surface area contributed by atoms with Crippen LogP contribution >= 0.6 is 0 Å². The predicted octanol–water partition coefficient (Wildman–Crippen LogP) is 1.12. The molecular formula is C18H26N4O3S. The Morgan fingerprint density at radius 2 is 2.08 bits per heavy atom. The molecule has 2 heterocycles. The third-order valence-electron chi connectivity index (χ3n) is 4.91. The minimum Gasteiger partial charge on any atom is -0.351 e. The van der Waals surface area contributed by atoms with Crippen molar-refractivity contribution in [3.8, 4) is 0 Å². The molecule has 2 aromatic rings. The molecule has 0 saturated carbocycles. The summed E-state index contributed by atoms with van der Waals surface area (Å²) in [4.78, 5) is 12.4. The van der Waals surface area contributed by atoms with Crippen LogP contribution in [-0.4, -0.2) is 55.7 Å². The average molecular weight is 378 g/mol. The second-order valence-electron chi connectivity index (χ2n) is 7.10. The van der Waals surface area contributed by atoms with E-state index in [1.807, 2.05) is 23.9 Å². The number of rotatable bonds is 6. The summed E-state index contributed by atoms with van der Waals surface area (Å²) in [6, 6.07) is 3.61. The minimum absolute atomic E-state index is 0.0613. The van der Waals surface area contributed by atoms with Gasteiger partial charge in [0.2, 0.25) is 0 Å². The molecule has 3 rings (SSSR count). The molecule has 0 bridgehead atoms. The molecule has 1 aliphatic heterocycles. The Labute approximate surface area is 154 Å². The fourth-order valence-corrected chi connectivity index (χ4v) is 3.87. The summed E-state index contributed by atoms with van der Waals surface area (Å²) < 4.78 is 24.4. The van der Waals surface area contributed by atoms with Gasteiger partial charge in [0, 0.05) is 36.5 Å². The molecule has 1 saturated heterocycles. The van der Waals surface area contributed by atoms with Crippen LogP contribution in [0.3, 0.4) is 0 Å². The van der Waals surface area contributed by atoms with Crippen LogP contribution in [0, 0.1) is 12.8 Å². The molecule has 26 heavy (non-hydrogen) atoms. The van der Waals surface area contributed by atoms with E-state index in [-0.39, 0.29) is 18.2 Å². The second-order valence-corrected chi connectivity index (χ2v) is 9.36. The minimum atomic E-state index is -3.09. The molecule has 2 N–H and O–H groups in total. The van der Waals surface area contributed by atoms with Crippen LogP contribution in [0.2, 0.25) is 0 Å². The maximum atomic E-state index is 12.4. The number of fused-ring (bicyclic) bond motifs is 1. The Kier molecular flexibility index (Phi) is 5.62. The average Bonchev–Trinajstić information content (AvgIpc) is 2.98. The topological polar surface area (TPSA) is 93.1 Å². The van der Waals surface area contributed by atoms with Gasteiger partial charge < -0.3 is 10.6 Å². The lowest BCUT2D eigenvalue weighted by molar-refractivity contribution is 0.0955. The van der Waals surface area contributed by atoms with E-state index >= 15 is 0 Å². The van der Waals surface area contributed by atoms with Crippen LogP contribution in [-0.2, 0) is 16.4 Å². The molecule has 142 valence electrons. The van der Waals surface area contributed by atoms with Crippen LogP contribution < -0.4 is 10.6 Å². The maximum absolute atomic E-state index is 12.4. The lowest BCUT2D eigenvalue weighted by Crippen LogP contribution is -2.29. The number of carbonyl (C=O) groups excluding carboxylic acids is 1. The van der Waals surface area contributed by atoms with Gasteiger partial charge in [-0.3, -0.25) is 9.48 Å². The van der Waals surface area contributed by atoms with Crippen LogP contribution in [0.1, 0.15) is 28.8 Å². The Bertz CT molecular complexity index is 899. The smallest absolute Gasteiger partial charge is 0.251 e. The summed E-state index contributed by atoms with van der Waals surface area (Å²) in [6.07, 6.45) is 5.49. The number of aryl methyl sites for hydroxylation is 1. The quantitative estimate of drug-likeness (QED) is 0.786. The molecule has 1 aliphatic rings. The number of benzene rings is 1. The van der Waals surface area contributed by atoms with E-state index in [9.17, 15) is 13.2 Å². The number of carbonyl (C=O) groups is 1. The number of aromatic nitrogens is 2. The molecule has 0 aliphatic carbocycles. The van der Waals surface area contributed by atoms with E-state index in [4.69, 9.17) is 0 Å². The molecule has 0 radical (unpaired) electrons. The Morgan fingerprint density at radius 3 is 2.77 bits per heavy atom. The Balaban J connectivity index is 1.73. The first-order valence-corrected chi connectivity index (χ1v) is 11.0. The van der Waals surface area contributed by atoms with Gasteiger partial charge in [0.05, 0.1) is 11.3 Å². The second kappa shape index (κ2) is 7.75. The van der Waals surface area contributed by atoms with Gasteiger partial charge in [-0.25, -0.2) is 8.42 Å². The van der Waals surface area contributed by atoms with Crippen molar-refractivity contribution in [2.24, 2.45) is 5.92 Å². The van der Waals surface area contributed by atoms with Crippen molar-refractivity contribution in [1.29, 1.82) is 0 Å². The monoisotopic (exact) mass is 378 g/mol. The van der Waals surface area contributed by atoms with E-state index in [1.165, 1.54) is 0 Å². The normalized spacial score (nSPS) is 16.1. The fraction of sp³-hybridized carbons (Fsp3) is 0.556. The highest BCUT2D eigenvalue weighted by Gasteiger charge is 2.17. The highest BCUT2D eigenvalue weighted by Crippen LogP contribution is 2.22. The van der Waals surface area contributed by atoms with Crippen molar-refractivity contribution < 1.29 is 13.2 Å². The molecule has 8 heteroatoms. The van der Waals surface area contributed by atoms with Crippen LogP contribution in [0.25, 0.3) is 10.9 Å². The third kappa shape index (κ3) is 4.62. The SMILES string of the molecule is Cc1c(C(=O)NCCS(C)(=O)=O)ccc2nn(CC3CCNCC3)cc12. The van der Waals surface area contributed by atoms with Gasteiger partial charge in [0.25, 0.3) is 5.91 Å². The van der Waals surface area contributed by atoms with Crippen LogP contribution in [0.5, 0.6) is 0 Å². The zero-order valence-electron chi connectivity index (χ0n) is 15.3. The Morgan fingerprint density at radius 1 is 1.35 bits per heavy atom. The summed E-state index contributed by atoms with van der Waals surface area (Å²) in [5.74, 6) is 0.317. The van der Waals surface area contributed by atoms with Gasteiger partial charge in [0.1, 0.15) is 9.84 Å². The van der Waals surface area contributed by atoms with Crippen LogP contribution in [0.15, 0.2) is 18.3 Å². The van der Waals surface area contributed by atoms with Crippen molar-refractivity contribution in [2.75, 3.05) is 31.6 Å². The van der Waals surface area contributed by atoms with E-state index < -0.39 is 9.84 Å². The van der Waals surface area contributed by atoms with Crippen molar-refractivity contribution in [2.45, 2.75) is 26.3 Å². The molecule has 1 fully saturated rings. The van der Waals surface area contributed by atoms with Gasteiger partial charge in [-0.15, -0.1) is 0 Å². The number of nitrogens with one attached hydrogen (secondary N) is 2. The number of amides is 1. The number of nitrogens with zero attached hydrogens (tertiary/aromatic N) is 2. The fourth-order valence-electron chi connectivity index (χ4n) is 3.39. The first-order valence-electron chi connectivity index (χ1n) is 8.97. The number of hydrogen-bond acceptors (Lipinski definition) is 5. The zero-order valence-corrected chi connectivity index (χ0v) is 16.1. The third-order valence-corrected chi connectivity index (χ3v) is 5.86. The summed E-state index contributed by atoms with van der Waals surface area (Å²) in [6.45, 7) is 5.03. The predicted molar refractivity (Wildman–Crippen MR) is 102 cm³/mol. The van der Waals surface area contributed by atoms with Crippen LogP contribution in [0.4, 0.5) is 0 Å². The molecular weight excluding hydrogens is 352 g/mol. The number of hydrogen-bond donors (Lipinski definition) is 2. The standard InChI is InChI=1S/C18H26N4O3S/c1-13-15(18(23)20-9-10-26(2,24)25)3-4-17-16(13)12-22(21-17)11-14-5-7-19-8-6-14/h3-4,12,14,19H,5-11H2,1-2H3,(H,20,23). The first kappa shape index (κ1) is 18.8. The molecule has 0 unspecified atom stereocenters. The lowest BCUT2D eigenvalue weighted by atomic mass is 9.98. The molecule has 1 aromatic carbocycles. The van der Waals surface area contributed by atoms with Crippen molar-refractivity contribution in [1.82, 2.24) is 20.4 Å². The molecule has 7 nitrogen and oxygen atoms in total. The number of sulfone groups is 1. The molecule has 1 aromatic heterocycles. The zero-order chi connectivity index (χ0) is 18.7. The maximum Gasteiger partial charge on any atom is 0.251 e. The molecule has 1 amide bonds. The van der Waals surface area contributed by atoms with E-state index in [0.29, 0.717) is 11.5 Å². The summed E-state index contributed by atoms with van der Waals surface area (Å²) in [7, 11) is -3.09. The van der Waals surface area contributed by atoms with E-state index in [0.717, 1.165) is 55.2 Å². The van der Waals surface area contributed by atoms with Gasteiger partial charge in [-0.05, 0) is 56.5 Å². The van der Waals surface area contributed by atoms with Gasteiger partial charge >= 0.3 is 0 Å². The van der Waals surface area contributed by atoms with Gasteiger partial charge in [0.15, 0.2) is 0 Å².